The number of nitrogens with zero attached hydrogens (tertiary/aromatic N) is 5. The van der Waals surface area contributed by atoms with Gasteiger partial charge in [-0.25, -0.2) is 4.98 Å². The smallest absolute Gasteiger partial charge is 0.253 e. The standard InChI is InChI=1S/C26H27N5O/c32-26(23-8-10-24(11-9-23)29-13-4-5-14-29)31-20-17-28(18-21-31)16-19-30-15-12-27-25(30)22-6-2-1-3-7-22/h1-15H,16-21H2. The van der Waals surface area contributed by atoms with Crippen LogP contribution in [-0.2, 0) is 6.54 Å². The summed E-state index contributed by atoms with van der Waals surface area (Å²) < 4.78 is 4.25. The number of carbonyl (C=O) groups is 1. The SMILES string of the molecule is O=C(c1ccc(-n2cccc2)cc1)N1CCN(CCn2ccnc2-c2ccccc2)CC1. The van der Waals surface area contributed by atoms with E-state index in [4.69, 9.17) is 0 Å². The van der Waals surface area contributed by atoms with Crippen molar-refractivity contribution >= 4 is 5.91 Å². The Balaban J connectivity index is 1.14. The first-order chi connectivity index (χ1) is 15.8. The quantitative estimate of drug-likeness (QED) is 0.472. The van der Waals surface area contributed by atoms with Crippen LogP contribution in [0.4, 0.5) is 0 Å². The highest BCUT2D eigenvalue weighted by molar-refractivity contribution is 5.94. The normalized spacial score (nSPS) is 14.6. The molecule has 32 heavy (non-hydrogen) atoms. The highest BCUT2D eigenvalue weighted by atomic mass is 16.2. The van der Waals surface area contributed by atoms with Crippen LogP contribution in [0.2, 0.25) is 0 Å². The first kappa shape index (κ1) is 20.3. The lowest BCUT2D eigenvalue weighted by atomic mass is 10.1. The molecular formula is C26H27N5O. The second-order valence-corrected chi connectivity index (χ2v) is 8.08. The van der Waals surface area contributed by atoms with E-state index in [-0.39, 0.29) is 5.91 Å². The van der Waals surface area contributed by atoms with Crippen LogP contribution in [0.25, 0.3) is 17.1 Å². The van der Waals surface area contributed by atoms with Crippen molar-refractivity contribution in [2.45, 2.75) is 6.54 Å². The van der Waals surface area contributed by atoms with Crippen molar-refractivity contribution in [3.63, 3.8) is 0 Å². The summed E-state index contributed by atoms with van der Waals surface area (Å²) in [6.45, 7) is 5.13. The summed E-state index contributed by atoms with van der Waals surface area (Å²) in [5, 5.41) is 0. The van der Waals surface area contributed by atoms with E-state index >= 15 is 0 Å². The molecule has 162 valence electrons. The molecule has 0 unspecified atom stereocenters. The molecular weight excluding hydrogens is 398 g/mol. The number of imidazole rings is 1. The first-order valence-corrected chi connectivity index (χ1v) is 11.1. The fourth-order valence-electron chi connectivity index (χ4n) is 4.23. The largest absolute Gasteiger partial charge is 0.336 e. The van der Waals surface area contributed by atoms with Crippen LogP contribution in [0.5, 0.6) is 0 Å². The zero-order valence-corrected chi connectivity index (χ0v) is 18.0. The predicted molar refractivity (Wildman–Crippen MR) is 126 cm³/mol. The molecule has 1 aliphatic rings. The number of hydrogen-bond donors (Lipinski definition) is 0. The number of amides is 1. The Morgan fingerprint density at radius 3 is 2.22 bits per heavy atom. The van der Waals surface area contributed by atoms with Gasteiger partial charge in [-0.2, -0.15) is 0 Å². The third kappa shape index (κ3) is 4.36. The number of hydrogen-bond acceptors (Lipinski definition) is 3. The lowest BCUT2D eigenvalue weighted by molar-refractivity contribution is 0.0633. The van der Waals surface area contributed by atoms with Gasteiger partial charge in [0.15, 0.2) is 0 Å². The third-order valence-electron chi connectivity index (χ3n) is 6.08. The molecule has 6 nitrogen and oxygen atoms in total. The fourth-order valence-corrected chi connectivity index (χ4v) is 4.23. The molecule has 0 spiro atoms. The van der Waals surface area contributed by atoms with E-state index < -0.39 is 0 Å². The Hall–Kier alpha value is -3.64. The second kappa shape index (κ2) is 9.24. The third-order valence-corrected chi connectivity index (χ3v) is 6.08. The van der Waals surface area contributed by atoms with Crippen LogP contribution in [0.15, 0.2) is 91.5 Å². The average molecular weight is 426 g/mol. The van der Waals surface area contributed by atoms with Crippen molar-refractivity contribution < 1.29 is 4.79 Å². The average Bonchev–Trinajstić information content (AvgIpc) is 3.56. The van der Waals surface area contributed by atoms with Gasteiger partial charge >= 0.3 is 0 Å². The maximum atomic E-state index is 12.9. The lowest BCUT2D eigenvalue weighted by Crippen LogP contribution is -2.49. The molecule has 2 aromatic heterocycles. The first-order valence-electron chi connectivity index (χ1n) is 11.1. The Bertz CT molecular complexity index is 1140. The molecule has 5 rings (SSSR count). The highest BCUT2D eigenvalue weighted by Gasteiger charge is 2.22. The van der Waals surface area contributed by atoms with Crippen LogP contribution >= 0.6 is 0 Å². The molecule has 0 atom stereocenters. The number of piperazine rings is 1. The minimum absolute atomic E-state index is 0.115. The summed E-state index contributed by atoms with van der Waals surface area (Å²) in [6.07, 6.45) is 7.91. The monoisotopic (exact) mass is 425 g/mol. The molecule has 0 aliphatic carbocycles. The van der Waals surface area contributed by atoms with Crippen molar-refractivity contribution in [1.82, 2.24) is 23.9 Å². The summed E-state index contributed by atoms with van der Waals surface area (Å²) in [5.41, 5.74) is 2.95. The molecule has 1 aliphatic heterocycles. The van der Waals surface area contributed by atoms with E-state index in [2.05, 4.69) is 26.6 Å². The number of benzene rings is 2. The Morgan fingerprint density at radius 1 is 0.781 bits per heavy atom. The molecule has 0 N–H and O–H groups in total. The van der Waals surface area contributed by atoms with Crippen molar-refractivity contribution in [1.29, 1.82) is 0 Å². The van der Waals surface area contributed by atoms with Gasteiger partial charge in [0, 0.05) is 80.9 Å². The summed E-state index contributed by atoms with van der Waals surface area (Å²) in [4.78, 5) is 21.9. The number of aromatic nitrogens is 3. The highest BCUT2D eigenvalue weighted by Crippen LogP contribution is 2.17. The summed E-state index contributed by atoms with van der Waals surface area (Å²) in [7, 11) is 0. The zero-order chi connectivity index (χ0) is 21.8. The molecule has 6 heteroatoms. The molecule has 1 fully saturated rings. The van der Waals surface area contributed by atoms with Crippen LogP contribution in [0.1, 0.15) is 10.4 Å². The predicted octanol–water partition coefficient (Wildman–Crippen LogP) is 3.80. The van der Waals surface area contributed by atoms with Crippen LogP contribution in [0, 0.1) is 0 Å². The van der Waals surface area contributed by atoms with Gasteiger partial charge in [-0.05, 0) is 36.4 Å². The molecule has 3 heterocycles. The van der Waals surface area contributed by atoms with Crippen LogP contribution in [0.3, 0.4) is 0 Å². The van der Waals surface area contributed by atoms with Crippen LogP contribution in [-0.4, -0.2) is 62.5 Å². The maximum absolute atomic E-state index is 12.9. The molecule has 0 saturated carbocycles. The van der Waals surface area contributed by atoms with Crippen molar-refractivity contribution in [2.75, 3.05) is 32.7 Å². The van der Waals surface area contributed by atoms with Gasteiger partial charge in [0.1, 0.15) is 5.82 Å². The Kier molecular flexibility index (Phi) is 5.85. The van der Waals surface area contributed by atoms with Gasteiger partial charge < -0.3 is 14.0 Å². The van der Waals surface area contributed by atoms with Gasteiger partial charge in [0.05, 0.1) is 0 Å². The molecule has 2 aromatic carbocycles. The lowest BCUT2D eigenvalue weighted by Gasteiger charge is -2.35. The molecule has 4 aromatic rings. The minimum Gasteiger partial charge on any atom is -0.336 e. The number of carbonyl (C=O) groups excluding carboxylic acids is 1. The number of rotatable bonds is 6. The summed E-state index contributed by atoms with van der Waals surface area (Å²) >= 11 is 0. The topological polar surface area (TPSA) is 46.3 Å². The van der Waals surface area contributed by atoms with Gasteiger partial charge in [-0.1, -0.05) is 30.3 Å². The van der Waals surface area contributed by atoms with E-state index in [1.54, 1.807) is 0 Å². The van der Waals surface area contributed by atoms with Gasteiger partial charge in [-0.3, -0.25) is 9.69 Å². The minimum atomic E-state index is 0.115. The van der Waals surface area contributed by atoms with E-state index in [9.17, 15) is 4.79 Å². The van der Waals surface area contributed by atoms with E-state index in [0.717, 1.165) is 61.9 Å². The van der Waals surface area contributed by atoms with Gasteiger partial charge in [0.25, 0.3) is 5.91 Å². The van der Waals surface area contributed by atoms with Crippen molar-refractivity contribution in [3.8, 4) is 17.1 Å². The van der Waals surface area contributed by atoms with Gasteiger partial charge in [-0.15, -0.1) is 0 Å². The fraction of sp³-hybridized carbons (Fsp3) is 0.231. The Labute approximate surface area is 188 Å². The zero-order valence-electron chi connectivity index (χ0n) is 18.0. The summed E-state index contributed by atoms with van der Waals surface area (Å²) in [5.74, 6) is 1.12. The Morgan fingerprint density at radius 2 is 1.50 bits per heavy atom. The van der Waals surface area contributed by atoms with Crippen molar-refractivity contribution in [3.05, 3.63) is 97.1 Å². The maximum Gasteiger partial charge on any atom is 0.253 e. The van der Waals surface area contributed by atoms with Gasteiger partial charge in [0.2, 0.25) is 0 Å². The molecule has 1 amide bonds. The molecule has 1 saturated heterocycles. The summed E-state index contributed by atoms with van der Waals surface area (Å²) in [6, 6.07) is 22.1. The van der Waals surface area contributed by atoms with E-state index in [1.807, 2.05) is 88.9 Å². The molecule has 0 bridgehead atoms. The van der Waals surface area contributed by atoms with E-state index in [1.165, 1.54) is 0 Å². The van der Waals surface area contributed by atoms with Crippen molar-refractivity contribution in [2.24, 2.45) is 0 Å². The molecule has 0 radical (unpaired) electrons. The second-order valence-electron chi connectivity index (χ2n) is 8.08. The van der Waals surface area contributed by atoms with E-state index in [0.29, 0.717) is 0 Å². The van der Waals surface area contributed by atoms with Crippen LogP contribution < -0.4 is 0 Å².